The van der Waals surface area contributed by atoms with E-state index in [2.05, 4.69) is 10.3 Å². The lowest BCUT2D eigenvalue weighted by molar-refractivity contribution is 0.102. The summed E-state index contributed by atoms with van der Waals surface area (Å²) in [6.07, 6.45) is 4.36. The summed E-state index contributed by atoms with van der Waals surface area (Å²) in [6.45, 7) is 4.46. The Morgan fingerprint density at radius 3 is 2.78 bits per heavy atom. The molecule has 3 heterocycles. The van der Waals surface area contributed by atoms with E-state index in [1.165, 1.54) is 0 Å². The van der Waals surface area contributed by atoms with E-state index in [4.69, 9.17) is 14.5 Å². The lowest BCUT2D eigenvalue weighted by Crippen LogP contribution is -2.14. The first kappa shape index (κ1) is 20.0. The van der Waals surface area contributed by atoms with Crippen LogP contribution in [0.2, 0.25) is 0 Å². The fraction of sp³-hybridized carbons (Fsp3) is 0.192. The van der Waals surface area contributed by atoms with Crippen molar-refractivity contribution in [3.05, 3.63) is 78.1 Å². The van der Waals surface area contributed by atoms with E-state index in [0.717, 1.165) is 34.2 Å². The number of anilines is 1. The van der Waals surface area contributed by atoms with Gasteiger partial charge in [0.1, 0.15) is 17.6 Å². The molecule has 0 unspecified atom stereocenters. The molecule has 1 amide bonds. The van der Waals surface area contributed by atoms with Crippen molar-refractivity contribution < 1.29 is 14.3 Å². The van der Waals surface area contributed by atoms with Crippen LogP contribution in [0.15, 0.2) is 67.0 Å². The van der Waals surface area contributed by atoms with Crippen LogP contribution in [0.4, 0.5) is 5.69 Å². The molecule has 0 fully saturated rings. The quantitative estimate of drug-likeness (QED) is 0.471. The highest BCUT2D eigenvalue weighted by atomic mass is 16.5. The number of hydrogen-bond acceptors (Lipinski definition) is 5. The van der Waals surface area contributed by atoms with Crippen molar-refractivity contribution in [1.29, 1.82) is 0 Å². The largest absolute Gasteiger partial charge is 0.492 e. The average molecular weight is 425 g/mol. The summed E-state index contributed by atoms with van der Waals surface area (Å²) >= 11 is 0. The van der Waals surface area contributed by atoms with Gasteiger partial charge in [0.25, 0.3) is 5.91 Å². The number of carbonyl (C=O) groups excluding carboxylic acids is 1. The third-order valence-corrected chi connectivity index (χ3v) is 5.48. The highest BCUT2D eigenvalue weighted by molar-refractivity contribution is 6.13. The van der Waals surface area contributed by atoms with Gasteiger partial charge in [0, 0.05) is 41.4 Å². The zero-order valence-corrected chi connectivity index (χ0v) is 18.0. The third kappa shape index (κ3) is 3.75. The lowest BCUT2D eigenvalue weighted by Gasteiger charge is -2.15. The Hall–Kier alpha value is -3.93. The smallest absolute Gasteiger partial charge is 0.256 e. The Bertz CT molecular complexity index is 1300. The van der Waals surface area contributed by atoms with Crippen LogP contribution in [0.25, 0.3) is 22.2 Å². The number of benzene rings is 2. The molecule has 0 saturated carbocycles. The summed E-state index contributed by atoms with van der Waals surface area (Å²) < 4.78 is 11.7. The summed E-state index contributed by atoms with van der Waals surface area (Å²) in [7, 11) is 0. The van der Waals surface area contributed by atoms with Gasteiger partial charge in [-0.2, -0.15) is 0 Å². The van der Waals surface area contributed by atoms with Gasteiger partial charge in [-0.25, -0.2) is 4.98 Å². The SMILES string of the molecule is CCOc1cc2c(cc1NC(=O)c1cc(-c3ccncc3)nc3ccccc13)O[C@H](C)C2. The van der Waals surface area contributed by atoms with Crippen LogP contribution in [0.3, 0.4) is 0 Å². The monoisotopic (exact) mass is 425 g/mol. The second kappa shape index (κ2) is 8.30. The Morgan fingerprint density at radius 1 is 1.16 bits per heavy atom. The minimum Gasteiger partial charge on any atom is -0.492 e. The van der Waals surface area contributed by atoms with Crippen LogP contribution in [0, 0.1) is 0 Å². The van der Waals surface area contributed by atoms with Gasteiger partial charge in [0.15, 0.2) is 0 Å². The summed E-state index contributed by atoms with van der Waals surface area (Å²) in [5.74, 6) is 1.20. The molecule has 32 heavy (non-hydrogen) atoms. The third-order valence-electron chi connectivity index (χ3n) is 5.48. The van der Waals surface area contributed by atoms with Crippen molar-refractivity contribution >= 4 is 22.5 Å². The van der Waals surface area contributed by atoms with E-state index in [-0.39, 0.29) is 12.0 Å². The molecule has 0 saturated heterocycles. The molecule has 4 aromatic rings. The zero-order valence-electron chi connectivity index (χ0n) is 18.0. The summed E-state index contributed by atoms with van der Waals surface area (Å²) in [4.78, 5) is 22.3. The number of rotatable bonds is 5. The van der Waals surface area contributed by atoms with Crippen molar-refractivity contribution in [2.45, 2.75) is 26.4 Å². The van der Waals surface area contributed by atoms with Crippen molar-refractivity contribution in [3.63, 3.8) is 0 Å². The number of carbonyl (C=O) groups is 1. The molecule has 1 atom stereocenters. The number of nitrogens with zero attached hydrogens (tertiary/aromatic N) is 2. The molecule has 0 bridgehead atoms. The van der Waals surface area contributed by atoms with E-state index in [9.17, 15) is 4.79 Å². The van der Waals surface area contributed by atoms with Gasteiger partial charge in [0.05, 0.1) is 29.1 Å². The number of para-hydroxylation sites is 1. The average Bonchev–Trinajstić information content (AvgIpc) is 3.18. The van der Waals surface area contributed by atoms with E-state index in [1.807, 2.05) is 68.4 Å². The van der Waals surface area contributed by atoms with E-state index < -0.39 is 0 Å². The Labute approximate surface area is 186 Å². The molecule has 1 aliphatic rings. The van der Waals surface area contributed by atoms with Gasteiger partial charge in [-0.15, -0.1) is 0 Å². The Morgan fingerprint density at radius 2 is 1.97 bits per heavy atom. The van der Waals surface area contributed by atoms with Crippen LogP contribution in [0.5, 0.6) is 11.5 Å². The molecule has 2 aromatic carbocycles. The Kier molecular flexibility index (Phi) is 5.19. The van der Waals surface area contributed by atoms with Crippen LogP contribution in [0.1, 0.15) is 29.8 Å². The number of amides is 1. The molecule has 160 valence electrons. The first-order valence-corrected chi connectivity index (χ1v) is 10.7. The molecule has 6 heteroatoms. The first-order valence-electron chi connectivity index (χ1n) is 10.7. The highest BCUT2D eigenvalue weighted by Gasteiger charge is 2.23. The molecule has 0 radical (unpaired) electrons. The molecule has 2 aromatic heterocycles. The lowest BCUT2D eigenvalue weighted by atomic mass is 10.0. The van der Waals surface area contributed by atoms with E-state index >= 15 is 0 Å². The second-order valence-corrected chi connectivity index (χ2v) is 7.78. The normalized spacial score (nSPS) is 14.6. The predicted octanol–water partition coefficient (Wildman–Crippen LogP) is 5.27. The highest BCUT2D eigenvalue weighted by Crippen LogP contribution is 2.38. The van der Waals surface area contributed by atoms with Crippen molar-refractivity contribution in [3.8, 4) is 22.8 Å². The van der Waals surface area contributed by atoms with Crippen molar-refractivity contribution in [2.75, 3.05) is 11.9 Å². The fourth-order valence-corrected chi connectivity index (χ4v) is 4.04. The molecular formula is C26H23N3O3. The maximum absolute atomic E-state index is 13.5. The molecule has 6 nitrogen and oxygen atoms in total. The Balaban J connectivity index is 1.57. The maximum Gasteiger partial charge on any atom is 0.256 e. The van der Waals surface area contributed by atoms with E-state index in [0.29, 0.717) is 29.3 Å². The number of pyridine rings is 2. The molecule has 1 N–H and O–H groups in total. The van der Waals surface area contributed by atoms with Gasteiger partial charge in [0.2, 0.25) is 0 Å². The van der Waals surface area contributed by atoms with Gasteiger partial charge < -0.3 is 14.8 Å². The van der Waals surface area contributed by atoms with Crippen LogP contribution in [-0.4, -0.2) is 28.6 Å². The fourth-order valence-electron chi connectivity index (χ4n) is 4.04. The summed E-state index contributed by atoms with van der Waals surface area (Å²) in [5.41, 5.74) is 4.59. The van der Waals surface area contributed by atoms with Crippen molar-refractivity contribution in [1.82, 2.24) is 9.97 Å². The van der Waals surface area contributed by atoms with Gasteiger partial charge in [-0.3, -0.25) is 9.78 Å². The summed E-state index contributed by atoms with van der Waals surface area (Å²) in [6, 6.07) is 17.0. The molecule has 5 rings (SSSR count). The number of ether oxygens (including phenoxy) is 2. The molecule has 1 aliphatic heterocycles. The molecule has 0 spiro atoms. The van der Waals surface area contributed by atoms with Gasteiger partial charge in [-0.05, 0) is 44.2 Å². The molecule has 0 aliphatic carbocycles. The number of hydrogen-bond donors (Lipinski definition) is 1. The van der Waals surface area contributed by atoms with E-state index in [1.54, 1.807) is 12.4 Å². The number of aromatic nitrogens is 2. The minimum atomic E-state index is -0.231. The van der Waals surface area contributed by atoms with Gasteiger partial charge in [-0.1, -0.05) is 18.2 Å². The standard InChI is InChI=1S/C26H23N3O3/c1-3-31-25-13-18-12-16(2)32-24(18)15-23(25)29-26(30)20-14-22(17-8-10-27-11-9-17)28-21-7-5-4-6-19(20)21/h4-11,13-16H,3,12H2,1-2H3,(H,29,30)/t16-/m1/s1. The minimum absolute atomic E-state index is 0.109. The van der Waals surface area contributed by atoms with Crippen LogP contribution in [-0.2, 0) is 6.42 Å². The van der Waals surface area contributed by atoms with Crippen LogP contribution >= 0.6 is 0 Å². The summed E-state index contributed by atoms with van der Waals surface area (Å²) in [5, 5.41) is 3.83. The molecular weight excluding hydrogens is 402 g/mol. The first-order chi connectivity index (χ1) is 15.6. The van der Waals surface area contributed by atoms with Crippen molar-refractivity contribution in [2.24, 2.45) is 0 Å². The maximum atomic E-state index is 13.5. The predicted molar refractivity (Wildman–Crippen MR) is 124 cm³/mol. The zero-order chi connectivity index (χ0) is 22.1. The number of fused-ring (bicyclic) bond motifs is 2. The second-order valence-electron chi connectivity index (χ2n) is 7.78. The van der Waals surface area contributed by atoms with Gasteiger partial charge >= 0.3 is 0 Å². The number of nitrogens with one attached hydrogen (secondary N) is 1. The topological polar surface area (TPSA) is 73.3 Å². The van der Waals surface area contributed by atoms with Crippen LogP contribution < -0.4 is 14.8 Å².